The Balaban J connectivity index is 1.58. The number of hydrogen-bond donors (Lipinski definition) is 2. The van der Waals surface area contributed by atoms with Gasteiger partial charge in [-0.1, -0.05) is 42.0 Å². The molecule has 3 aromatic rings. The van der Waals surface area contributed by atoms with Crippen LogP contribution in [-0.2, 0) is 23.9 Å². The molecule has 9 heteroatoms. The lowest BCUT2D eigenvalue weighted by atomic mass is 10.1. The average molecular weight is 420 g/mol. The lowest BCUT2D eigenvalue weighted by Gasteiger charge is -2.10. The Morgan fingerprint density at radius 3 is 2.41 bits per heavy atom. The maximum absolute atomic E-state index is 12.6. The average Bonchev–Trinajstić information content (AvgIpc) is 3.02. The summed E-state index contributed by atoms with van der Waals surface area (Å²) in [6, 6.07) is 12.6. The quantitative estimate of drug-likeness (QED) is 0.585. The van der Waals surface area contributed by atoms with Gasteiger partial charge in [0.1, 0.15) is 6.54 Å². The van der Waals surface area contributed by atoms with Crippen molar-refractivity contribution in [3.63, 3.8) is 0 Å². The number of nitrogens with one attached hydrogen (secondary N) is 2. The summed E-state index contributed by atoms with van der Waals surface area (Å²) in [6.45, 7) is 2.27. The molecule has 5 nitrogen and oxygen atoms in total. The summed E-state index contributed by atoms with van der Waals surface area (Å²) in [6.07, 6.45) is -3.93. The van der Waals surface area contributed by atoms with Crippen LogP contribution in [0.15, 0.2) is 48.5 Å². The van der Waals surface area contributed by atoms with E-state index in [4.69, 9.17) is 12.2 Å². The number of amides is 1. The predicted molar refractivity (Wildman–Crippen MR) is 106 cm³/mol. The van der Waals surface area contributed by atoms with Crippen molar-refractivity contribution in [3.05, 3.63) is 70.0 Å². The molecule has 3 rings (SSSR count). The zero-order valence-electron chi connectivity index (χ0n) is 15.6. The summed E-state index contributed by atoms with van der Waals surface area (Å²) in [5.41, 5.74) is 1.96. The molecule has 0 aliphatic heterocycles. The molecule has 0 saturated heterocycles. The van der Waals surface area contributed by atoms with E-state index in [1.54, 1.807) is 4.57 Å². The number of rotatable bonds is 6. The minimum absolute atomic E-state index is 0.00838. The van der Waals surface area contributed by atoms with Crippen molar-refractivity contribution >= 4 is 18.1 Å². The van der Waals surface area contributed by atoms with E-state index in [0.29, 0.717) is 29.1 Å². The van der Waals surface area contributed by atoms with E-state index in [9.17, 15) is 18.0 Å². The Kier molecular flexibility index (Phi) is 6.17. The number of alkyl halides is 3. The highest BCUT2D eigenvalue weighted by atomic mass is 32.1. The first-order chi connectivity index (χ1) is 13.7. The van der Waals surface area contributed by atoms with Crippen LogP contribution >= 0.6 is 12.2 Å². The fourth-order valence-electron chi connectivity index (χ4n) is 2.79. The molecule has 0 spiro atoms. The summed E-state index contributed by atoms with van der Waals surface area (Å²) < 4.78 is 39.7. The number of nitrogens with zero attached hydrogens (tertiary/aromatic N) is 2. The molecule has 0 radical (unpaired) electrons. The maximum Gasteiger partial charge on any atom is 0.416 e. The SMILES string of the molecule is Cc1ccc(-c2n[nH]c(=S)n2CC(=O)NCCc2ccc(C(F)(F)F)cc2)cc1. The first-order valence-electron chi connectivity index (χ1n) is 8.89. The van der Waals surface area contributed by atoms with Crippen molar-refractivity contribution in [1.82, 2.24) is 20.1 Å². The molecule has 0 bridgehead atoms. The topological polar surface area (TPSA) is 62.7 Å². The van der Waals surface area contributed by atoms with Gasteiger partial charge in [0.2, 0.25) is 5.91 Å². The van der Waals surface area contributed by atoms with Crippen LogP contribution in [0.1, 0.15) is 16.7 Å². The van der Waals surface area contributed by atoms with Crippen LogP contribution in [0.3, 0.4) is 0 Å². The van der Waals surface area contributed by atoms with Gasteiger partial charge < -0.3 is 5.32 Å². The van der Waals surface area contributed by atoms with Gasteiger partial charge in [-0.2, -0.15) is 18.3 Å². The van der Waals surface area contributed by atoms with E-state index >= 15 is 0 Å². The first kappa shape index (κ1) is 20.8. The van der Waals surface area contributed by atoms with Crippen molar-refractivity contribution in [2.45, 2.75) is 26.1 Å². The number of aryl methyl sites for hydroxylation is 1. The molecule has 0 unspecified atom stereocenters. The number of hydrogen-bond acceptors (Lipinski definition) is 3. The molecular formula is C20H19F3N4OS. The van der Waals surface area contributed by atoms with Crippen LogP contribution < -0.4 is 5.32 Å². The normalized spacial score (nSPS) is 11.4. The second kappa shape index (κ2) is 8.60. The smallest absolute Gasteiger partial charge is 0.354 e. The number of aromatic nitrogens is 3. The van der Waals surface area contributed by atoms with Crippen molar-refractivity contribution < 1.29 is 18.0 Å². The van der Waals surface area contributed by atoms with Crippen LogP contribution in [0.5, 0.6) is 0 Å². The van der Waals surface area contributed by atoms with Gasteiger partial charge in [0.25, 0.3) is 0 Å². The molecule has 29 heavy (non-hydrogen) atoms. The van der Waals surface area contributed by atoms with Gasteiger partial charge in [-0.25, -0.2) is 0 Å². The lowest BCUT2D eigenvalue weighted by molar-refractivity contribution is -0.137. The van der Waals surface area contributed by atoms with E-state index in [2.05, 4.69) is 15.5 Å². The molecule has 2 aromatic carbocycles. The molecule has 0 aliphatic carbocycles. The van der Waals surface area contributed by atoms with E-state index < -0.39 is 11.7 Å². The lowest BCUT2D eigenvalue weighted by Crippen LogP contribution is -2.29. The number of carbonyl (C=O) groups is 1. The van der Waals surface area contributed by atoms with E-state index in [0.717, 1.165) is 23.3 Å². The molecule has 1 aromatic heterocycles. The molecule has 2 N–H and O–H groups in total. The third-order valence-corrected chi connectivity index (χ3v) is 4.70. The summed E-state index contributed by atoms with van der Waals surface area (Å²) in [5, 5.41) is 9.66. The second-order valence-corrected chi connectivity index (χ2v) is 6.99. The maximum atomic E-state index is 12.6. The van der Waals surface area contributed by atoms with Crippen LogP contribution in [0.4, 0.5) is 13.2 Å². The largest absolute Gasteiger partial charge is 0.416 e. The van der Waals surface area contributed by atoms with Gasteiger partial charge in [0.15, 0.2) is 10.6 Å². The zero-order chi connectivity index (χ0) is 21.0. The molecule has 0 fully saturated rings. The number of halogens is 3. The fourth-order valence-corrected chi connectivity index (χ4v) is 2.99. The minimum atomic E-state index is -4.36. The van der Waals surface area contributed by atoms with Gasteiger partial charge in [0.05, 0.1) is 5.56 Å². The van der Waals surface area contributed by atoms with E-state index in [1.807, 2.05) is 31.2 Å². The Hall–Kier alpha value is -2.94. The summed E-state index contributed by atoms with van der Waals surface area (Å²) in [7, 11) is 0. The van der Waals surface area contributed by atoms with Crippen molar-refractivity contribution in [3.8, 4) is 11.4 Å². The molecule has 152 valence electrons. The Bertz CT molecular complexity index is 1040. The van der Waals surface area contributed by atoms with Crippen molar-refractivity contribution in [1.29, 1.82) is 0 Å². The van der Waals surface area contributed by atoms with Crippen molar-refractivity contribution in [2.24, 2.45) is 0 Å². The number of H-pyrrole nitrogens is 1. The molecule has 1 amide bonds. The summed E-state index contributed by atoms with van der Waals surface area (Å²) >= 11 is 5.22. The second-order valence-electron chi connectivity index (χ2n) is 6.60. The molecular weight excluding hydrogens is 401 g/mol. The summed E-state index contributed by atoms with van der Waals surface area (Å²) in [5.74, 6) is 0.302. The fraction of sp³-hybridized carbons (Fsp3) is 0.250. The van der Waals surface area contributed by atoms with Gasteiger partial charge in [-0.05, 0) is 43.3 Å². The monoisotopic (exact) mass is 420 g/mol. The Labute approximate surface area is 170 Å². The highest BCUT2D eigenvalue weighted by molar-refractivity contribution is 7.71. The van der Waals surface area contributed by atoms with Gasteiger partial charge >= 0.3 is 6.18 Å². The highest BCUT2D eigenvalue weighted by Crippen LogP contribution is 2.29. The van der Waals surface area contributed by atoms with Gasteiger partial charge in [-0.15, -0.1) is 0 Å². The third kappa shape index (κ3) is 5.32. The minimum Gasteiger partial charge on any atom is -0.354 e. The van der Waals surface area contributed by atoms with E-state index in [1.165, 1.54) is 12.1 Å². The molecule has 0 aliphatic rings. The van der Waals surface area contributed by atoms with Crippen LogP contribution in [-0.4, -0.2) is 27.2 Å². The standard InChI is InChI=1S/C20H19F3N4OS/c1-13-2-6-15(7-3-13)18-25-26-19(29)27(18)12-17(28)24-11-10-14-4-8-16(9-5-14)20(21,22)23/h2-9H,10-12H2,1H3,(H,24,28)(H,26,29). The predicted octanol–water partition coefficient (Wildman–Crippen LogP) is 4.29. The van der Waals surface area contributed by atoms with Crippen LogP contribution in [0, 0.1) is 11.7 Å². The highest BCUT2D eigenvalue weighted by Gasteiger charge is 2.29. The Morgan fingerprint density at radius 1 is 1.14 bits per heavy atom. The molecule has 1 heterocycles. The van der Waals surface area contributed by atoms with E-state index in [-0.39, 0.29) is 12.5 Å². The van der Waals surface area contributed by atoms with Crippen LogP contribution in [0.2, 0.25) is 0 Å². The van der Waals surface area contributed by atoms with Gasteiger partial charge in [-0.3, -0.25) is 14.5 Å². The molecule has 0 saturated carbocycles. The first-order valence-corrected chi connectivity index (χ1v) is 9.30. The van der Waals surface area contributed by atoms with Crippen LogP contribution in [0.25, 0.3) is 11.4 Å². The Morgan fingerprint density at radius 2 is 1.79 bits per heavy atom. The number of benzene rings is 2. The molecule has 0 atom stereocenters. The van der Waals surface area contributed by atoms with Gasteiger partial charge in [0, 0.05) is 12.1 Å². The third-order valence-electron chi connectivity index (χ3n) is 4.39. The summed E-state index contributed by atoms with van der Waals surface area (Å²) in [4.78, 5) is 12.3. The van der Waals surface area contributed by atoms with Crippen molar-refractivity contribution in [2.75, 3.05) is 6.54 Å². The number of aromatic amines is 1. The number of carbonyl (C=O) groups excluding carboxylic acids is 1. The zero-order valence-corrected chi connectivity index (χ0v) is 16.4.